The maximum atomic E-state index is 12.1. The molecule has 118 valence electrons. The van der Waals surface area contributed by atoms with Crippen LogP contribution in [0.4, 0.5) is 13.2 Å². The average Bonchev–Trinajstić information content (AvgIpc) is 2.40. The third-order valence-corrected chi connectivity index (χ3v) is 4.10. The van der Waals surface area contributed by atoms with Gasteiger partial charge in [0.05, 0.1) is 0 Å². The molecule has 0 bridgehead atoms. The fraction of sp³-hybridized carbons (Fsp3) is 0.600. The molecule has 0 aromatic heterocycles. The maximum absolute atomic E-state index is 12.1. The summed E-state index contributed by atoms with van der Waals surface area (Å²) in [6.45, 7) is 2.22. The van der Waals surface area contributed by atoms with E-state index in [9.17, 15) is 13.2 Å². The van der Waals surface area contributed by atoms with Crippen molar-refractivity contribution in [3.05, 3.63) is 29.8 Å². The molecule has 0 saturated heterocycles. The van der Waals surface area contributed by atoms with Crippen LogP contribution >= 0.6 is 0 Å². The van der Waals surface area contributed by atoms with Gasteiger partial charge in [-0.1, -0.05) is 31.9 Å². The van der Waals surface area contributed by atoms with Crippen molar-refractivity contribution in [1.29, 1.82) is 0 Å². The van der Waals surface area contributed by atoms with Gasteiger partial charge in [0.15, 0.2) is 0 Å². The Hall–Kier alpha value is -1.27. The number of hydrogen-bond donors (Lipinski definition) is 2. The smallest absolute Gasteiger partial charge is 0.406 e. The van der Waals surface area contributed by atoms with Crippen molar-refractivity contribution >= 4 is 0 Å². The predicted molar refractivity (Wildman–Crippen MR) is 74.3 cm³/mol. The molecule has 1 fully saturated rings. The first-order chi connectivity index (χ1) is 9.89. The van der Waals surface area contributed by atoms with E-state index >= 15 is 0 Å². The third kappa shape index (κ3) is 4.61. The molecule has 0 heterocycles. The standard InChI is InChI=1S/C15H21F3N2O/c1-10-3-2-4-12(9-10)14(20-19)11-5-7-13(8-6-11)21-15(16,17)18/h5-8,10,12,14,20H,2-4,9,19H2,1H3. The van der Waals surface area contributed by atoms with Crippen LogP contribution in [0.1, 0.15) is 44.2 Å². The molecule has 1 aliphatic carbocycles. The van der Waals surface area contributed by atoms with Crippen LogP contribution in [0.15, 0.2) is 24.3 Å². The van der Waals surface area contributed by atoms with E-state index in [4.69, 9.17) is 5.84 Å². The normalized spacial score (nSPS) is 24.6. The zero-order valence-electron chi connectivity index (χ0n) is 12.0. The van der Waals surface area contributed by atoms with Crippen LogP contribution in [-0.4, -0.2) is 6.36 Å². The van der Waals surface area contributed by atoms with Crippen LogP contribution in [0, 0.1) is 11.8 Å². The molecule has 3 nitrogen and oxygen atoms in total. The van der Waals surface area contributed by atoms with Crippen LogP contribution < -0.4 is 16.0 Å². The van der Waals surface area contributed by atoms with E-state index in [1.807, 2.05) is 0 Å². The molecule has 1 saturated carbocycles. The molecule has 6 heteroatoms. The van der Waals surface area contributed by atoms with Crippen LogP contribution in [0.2, 0.25) is 0 Å². The van der Waals surface area contributed by atoms with Gasteiger partial charge in [0, 0.05) is 6.04 Å². The number of hydrazine groups is 1. The minimum atomic E-state index is -4.66. The number of nitrogens with two attached hydrogens (primary N) is 1. The first kappa shape index (κ1) is 16.1. The van der Waals surface area contributed by atoms with Gasteiger partial charge in [-0.3, -0.25) is 11.3 Å². The summed E-state index contributed by atoms with van der Waals surface area (Å²) in [5, 5.41) is 0. The molecule has 1 aromatic carbocycles. The summed E-state index contributed by atoms with van der Waals surface area (Å²) < 4.78 is 40.3. The van der Waals surface area contributed by atoms with Crippen molar-refractivity contribution < 1.29 is 17.9 Å². The van der Waals surface area contributed by atoms with E-state index in [0.29, 0.717) is 11.8 Å². The molecule has 0 aliphatic heterocycles. The quantitative estimate of drug-likeness (QED) is 0.654. The number of halogens is 3. The molecule has 0 amide bonds. The fourth-order valence-electron chi connectivity index (χ4n) is 3.17. The number of nitrogens with one attached hydrogen (secondary N) is 1. The van der Waals surface area contributed by atoms with E-state index in [0.717, 1.165) is 18.4 Å². The van der Waals surface area contributed by atoms with Gasteiger partial charge in [-0.05, 0) is 42.4 Å². The zero-order valence-corrected chi connectivity index (χ0v) is 12.0. The van der Waals surface area contributed by atoms with Gasteiger partial charge in [-0.15, -0.1) is 13.2 Å². The summed E-state index contributed by atoms with van der Waals surface area (Å²) in [5.74, 6) is 6.52. The van der Waals surface area contributed by atoms with Gasteiger partial charge in [0.1, 0.15) is 5.75 Å². The van der Waals surface area contributed by atoms with Crippen molar-refractivity contribution in [2.45, 2.75) is 45.0 Å². The first-order valence-corrected chi connectivity index (χ1v) is 7.21. The molecule has 0 spiro atoms. The molecular formula is C15H21F3N2O. The van der Waals surface area contributed by atoms with Gasteiger partial charge >= 0.3 is 6.36 Å². The van der Waals surface area contributed by atoms with Gasteiger partial charge < -0.3 is 4.74 Å². The maximum Gasteiger partial charge on any atom is 0.573 e. The lowest BCUT2D eigenvalue weighted by atomic mass is 9.77. The van der Waals surface area contributed by atoms with E-state index in [1.54, 1.807) is 12.1 Å². The van der Waals surface area contributed by atoms with E-state index in [-0.39, 0.29) is 11.8 Å². The lowest BCUT2D eigenvalue weighted by Gasteiger charge is -2.33. The summed E-state index contributed by atoms with van der Waals surface area (Å²) >= 11 is 0. The highest BCUT2D eigenvalue weighted by Gasteiger charge is 2.31. The minimum absolute atomic E-state index is 0.0345. The Morgan fingerprint density at radius 1 is 1.24 bits per heavy atom. The van der Waals surface area contributed by atoms with Crippen molar-refractivity contribution in [2.24, 2.45) is 17.7 Å². The van der Waals surface area contributed by atoms with Crippen molar-refractivity contribution in [2.75, 3.05) is 0 Å². The Labute approximate surface area is 122 Å². The fourth-order valence-corrected chi connectivity index (χ4v) is 3.17. The van der Waals surface area contributed by atoms with Crippen molar-refractivity contribution in [1.82, 2.24) is 5.43 Å². The Bertz CT molecular complexity index is 447. The van der Waals surface area contributed by atoms with Crippen LogP contribution in [0.3, 0.4) is 0 Å². The monoisotopic (exact) mass is 302 g/mol. The highest BCUT2D eigenvalue weighted by atomic mass is 19.4. The number of benzene rings is 1. The lowest BCUT2D eigenvalue weighted by Crippen LogP contribution is -2.35. The second-order valence-corrected chi connectivity index (χ2v) is 5.79. The molecule has 0 radical (unpaired) electrons. The highest BCUT2D eigenvalue weighted by Crippen LogP contribution is 2.37. The number of ether oxygens (including phenoxy) is 1. The van der Waals surface area contributed by atoms with Crippen LogP contribution in [0.25, 0.3) is 0 Å². The number of rotatable bonds is 4. The van der Waals surface area contributed by atoms with Crippen molar-refractivity contribution in [3.8, 4) is 5.75 Å². The van der Waals surface area contributed by atoms with Gasteiger partial charge in [0.2, 0.25) is 0 Å². The summed E-state index contributed by atoms with van der Waals surface area (Å²) in [6, 6.07) is 5.92. The SMILES string of the molecule is CC1CCCC(C(NN)c2ccc(OC(F)(F)F)cc2)C1. The van der Waals surface area contributed by atoms with E-state index < -0.39 is 6.36 Å². The molecular weight excluding hydrogens is 281 g/mol. The Kier molecular flexibility index (Phi) is 5.11. The van der Waals surface area contributed by atoms with E-state index in [2.05, 4.69) is 17.1 Å². The van der Waals surface area contributed by atoms with E-state index in [1.165, 1.54) is 25.0 Å². The summed E-state index contributed by atoms with van der Waals surface area (Å²) in [5.41, 5.74) is 3.71. The molecule has 3 N–H and O–H groups in total. The Balaban J connectivity index is 2.08. The summed E-state index contributed by atoms with van der Waals surface area (Å²) in [7, 11) is 0. The Morgan fingerprint density at radius 3 is 2.43 bits per heavy atom. The third-order valence-electron chi connectivity index (χ3n) is 4.10. The lowest BCUT2D eigenvalue weighted by molar-refractivity contribution is -0.274. The highest BCUT2D eigenvalue weighted by molar-refractivity contribution is 5.29. The first-order valence-electron chi connectivity index (χ1n) is 7.21. The Morgan fingerprint density at radius 2 is 1.90 bits per heavy atom. The molecule has 3 atom stereocenters. The molecule has 21 heavy (non-hydrogen) atoms. The predicted octanol–water partition coefficient (Wildman–Crippen LogP) is 3.92. The topological polar surface area (TPSA) is 47.3 Å². The second-order valence-electron chi connectivity index (χ2n) is 5.79. The van der Waals surface area contributed by atoms with Gasteiger partial charge in [-0.25, -0.2) is 0 Å². The molecule has 1 aromatic rings. The second kappa shape index (κ2) is 6.66. The minimum Gasteiger partial charge on any atom is -0.406 e. The largest absolute Gasteiger partial charge is 0.573 e. The van der Waals surface area contributed by atoms with Crippen LogP contribution in [0.5, 0.6) is 5.75 Å². The zero-order chi connectivity index (χ0) is 15.5. The van der Waals surface area contributed by atoms with Gasteiger partial charge in [0.25, 0.3) is 0 Å². The molecule has 3 unspecified atom stereocenters. The molecule has 1 aliphatic rings. The summed E-state index contributed by atoms with van der Waals surface area (Å²) in [6.07, 6.45) is -0.104. The van der Waals surface area contributed by atoms with Crippen molar-refractivity contribution in [3.63, 3.8) is 0 Å². The number of alkyl halides is 3. The average molecular weight is 302 g/mol. The van der Waals surface area contributed by atoms with Gasteiger partial charge in [-0.2, -0.15) is 0 Å². The number of hydrogen-bond acceptors (Lipinski definition) is 3. The summed E-state index contributed by atoms with van der Waals surface area (Å²) in [4.78, 5) is 0. The molecule has 2 rings (SSSR count). The van der Waals surface area contributed by atoms with Crippen LogP contribution in [-0.2, 0) is 0 Å².